The van der Waals surface area contributed by atoms with Crippen LogP contribution >= 0.6 is 0 Å². The minimum absolute atomic E-state index is 0.341. The van der Waals surface area contributed by atoms with Gasteiger partial charge >= 0.3 is 5.97 Å². The minimum Gasteiger partial charge on any atom is -0.480 e. The van der Waals surface area contributed by atoms with Gasteiger partial charge in [-0.3, -0.25) is 4.79 Å². The van der Waals surface area contributed by atoms with Crippen LogP contribution in [0.15, 0.2) is 42.7 Å². The fraction of sp³-hybridized carbons (Fsp3) is 0.143. The Morgan fingerprint density at radius 3 is 2.38 bits per heavy atom. The van der Waals surface area contributed by atoms with Crippen LogP contribution in [0.5, 0.6) is 0 Å². The smallest absolute Gasteiger partial charge is 0.329 e. The van der Waals surface area contributed by atoms with E-state index in [1.165, 1.54) is 12.4 Å². The molecule has 7 nitrogen and oxygen atoms in total. The second-order valence-electron chi connectivity index (χ2n) is 4.10. The van der Waals surface area contributed by atoms with Crippen LogP contribution < -0.4 is 5.32 Å². The highest BCUT2D eigenvalue weighted by atomic mass is 16.5. The van der Waals surface area contributed by atoms with Crippen molar-refractivity contribution in [3.8, 4) is 11.4 Å². The Morgan fingerprint density at radius 2 is 1.76 bits per heavy atom. The van der Waals surface area contributed by atoms with Gasteiger partial charge in [0.15, 0.2) is 5.82 Å². The van der Waals surface area contributed by atoms with E-state index >= 15 is 0 Å². The lowest BCUT2D eigenvalue weighted by atomic mass is 10.2. The fourth-order valence-electron chi connectivity index (χ4n) is 1.56. The first-order chi connectivity index (χ1) is 10.1. The molecule has 1 heterocycles. The predicted octanol–water partition coefficient (Wildman–Crippen LogP) is 1.18. The number of aliphatic carboxylic acids is 1. The van der Waals surface area contributed by atoms with Crippen molar-refractivity contribution in [3.63, 3.8) is 0 Å². The summed E-state index contributed by atoms with van der Waals surface area (Å²) in [5.74, 6) is -1.04. The number of carbonyl (C=O) groups is 2. The van der Waals surface area contributed by atoms with Gasteiger partial charge in [0.25, 0.3) is 0 Å². The average Bonchev–Trinajstić information content (AvgIpc) is 2.48. The number of carbonyl (C=O) groups excluding carboxylic acids is 1. The monoisotopic (exact) mass is 287 g/mol. The fourth-order valence-corrected chi connectivity index (χ4v) is 1.56. The van der Waals surface area contributed by atoms with Crippen LogP contribution in [-0.4, -0.2) is 40.2 Å². The van der Waals surface area contributed by atoms with Gasteiger partial charge in [-0.05, 0) is 0 Å². The van der Waals surface area contributed by atoms with E-state index in [0.29, 0.717) is 11.5 Å². The van der Waals surface area contributed by atoms with Crippen LogP contribution in [0.1, 0.15) is 0 Å². The molecule has 0 aliphatic rings. The van der Waals surface area contributed by atoms with Gasteiger partial charge in [0, 0.05) is 5.56 Å². The van der Waals surface area contributed by atoms with Crippen LogP contribution in [0.4, 0.5) is 5.69 Å². The third kappa shape index (κ3) is 4.66. The standard InChI is InChI=1S/C14H13N3O4/c18-12(8-21-9-13(19)20)17-11-6-15-14(16-7-11)10-4-2-1-3-5-10/h1-7H,8-9H2,(H,17,18)(H,19,20). The molecule has 0 radical (unpaired) electrons. The van der Waals surface area contributed by atoms with Crippen molar-refractivity contribution < 1.29 is 19.4 Å². The number of rotatable bonds is 6. The van der Waals surface area contributed by atoms with Gasteiger partial charge in [0.2, 0.25) is 5.91 Å². The van der Waals surface area contributed by atoms with Crippen molar-refractivity contribution in [1.29, 1.82) is 0 Å². The zero-order valence-electron chi connectivity index (χ0n) is 11.0. The largest absolute Gasteiger partial charge is 0.480 e. The zero-order chi connectivity index (χ0) is 15.1. The highest BCUT2D eigenvalue weighted by Gasteiger charge is 2.06. The van der Waals surface area contributed by atoms with E-state index in [2.05, 4.69) is 20.0 Å². The van der Waals surface area contributed by atoms with E-state index in [-0.39, 0.29) is 6.61 Å². The summed E-state index contributed by atoms with van der Waals surface area (Å²) in [4.78, 5) is 30.0. The Hall–Kier alpha value is -2.80. The highest BCUT2D eigenvalue weighted by molar-refractivity contribution is 5.91. The van der Waals surface area contributed by atoms with Crippen LogP contribution in [0, 0.1) is 0 Å². The van der Waals surface area contributed by atoms with E-state index < -0.39 is 18.5 Å². The van der Waals surface area contributed by atoms with Crippen LogP contribution in [0.2, 0.25) is 0 Å². The van der Waals surface area contributed by atoms with Gasteiger partial charge in [-0.2, -0.15) is 0 Å². The molecule has 1 amide bonds. The molecule has 0 fully saturated rings. The number of hydrogen-bond acceptors (Lipinski definition) is 5. The second-order valence-corrected chi connectivity index (χ2v) is 4.10. The summed E-state index contributed by atoms with van der Waals surface area (Å²) in [7, 11) is 0. The third-order valence-corrected chi connectivity index (χ3v) is 2.43. The molecule has 1 aromatic carbocycles. The van der Waals surface area contributed by atoms with Crippen molar-refractivity contribution in [3.05, 3.63) is 42.7 Å². The van der Waals surface area contributed by atoms with Gasteiger partial charge < -0.3 is 15.2 Å². The van der Waals surface area contributed by atoms with Crippen molar-refractivity contribution in [2.75, 3.05) is 18.5 Å². The van der Waals surface area contributed by atoms with Crippen LogP contribution in [-0.2, 0) is 14.3 Å². The molecule has 0 aliphatic carbocycles. The Kier molecular flexibility index (Phi) is 4.94. The Morgan fingerprint density at radius 1 is 1.10 bits per heavy atom. The normalized spacial score (nSPS) is 10.1. The number of nitrogens with zero attached hydrogens (tertiary/aromatic N) is 2. The van der Waals surface area contributed by atoms with Crippen molar-refractivity contribution in [1.82, 2.24) is 9.97 Å². The van der Waals surface area contributed by atoms with E-state index in [1.807, 2.05) is 30.3 Å². The zero-order valence-corrected chi connectivity index (χ0v) is 11.0. The van der Waals surface area contributed by atoms with Gasteiger partial charge in [-0.1, -0.05) is 30.3 Å². The topological polar surface area (TPSA) is 101 Å². The molecule has 0 aliphatic heterocycles. The molecule has 2 rings (SSSR count). The Labute approximate surface area is 120 Å². The number of hydrogen-bond donors (Lipinski definition) is 2. The molecule has 0 unspecified atom stereocenters. The number of anilines is 1. The molecular weight excluding hydrogens is 274 g/mol. The first kappa shape index (κ1) is 14.6. The maximum Gasteiger partial charge on any atom is 0.329 e. The SMILES string of the molecule is O=C(O)COCC(=O)Nc1cnc(-c2ccccc2)nc1. The first-order valence-corrected chi connectivity index (χ1v) is 6.12. The molecule has 2 aromatic rings. The van der Waals surface area contributed by atoms with Gasteiger partial charge in [-0.25, -0.2) is 14.8 Å². The molecule has 0 saturated carbocycles. The number of carboxylic acid groups (broad SMARTS) is 1. The van der Waals surface area contributed by atoms with Gasteiger partial charge in [0.1, 0.15) is 13.2 Å². The first-order valence-electron chi connectivity index (χ1n) is 6.12. The Balaban J connectivity index is 1.91. The lowest BCUT2D eigenvalue weighted by Crippen LogP contribution is -2.20. The lowest BCUT2D eigenvalue weighted by molar-refractivity contribution is -0.143. The summed E-state index contributed by atoms with van der Waals surface area (Å²) in [6, 6.07) is 9.43. The van der Waals surface area contributed by atoms with Gasteiger partial charge in [-0.15, -0.1) is 0 Å². The maximum absolute atomic E-state index is 11.5. The molecule has 0 spiro atoms. The molecule has 0 atom stereocenters. The van der Waals surface area contributed by atoms with Crippen LogP contribution in [0.3, 0.4) is 0 Å². The number of benzene rings is 1. The third-order valence-electron chi connectivity index (χ3n) is 2.43. The molecular formula is C14H13N3O4. The summed E-state index contributed by atoms with van der Waals surface area (Å²) in [6.45, 7) is -0.858. The van der Waals surface area contributed by atoms with Crippen molar-refractivity contribution in [2.24, 2.45) is 0 Å². The summed E-state index contributed by atoms with van der Waals surface area (Å²) in [5.41, 5.74) is 1.29. The quantitative estimate of drug-likeness (QED) is 0.827. The lowest BCUT2D eigenvalue weighted by Gasteiger charge is -2.05. The van der Waals surface area contributed by atoms with E-state index in [0.717, 1.165) is 5.56 Å². The summed E-state index contributed by atoms with van der Waals surface area (Å²) >= 11 is 0. The number of nitrogens with one attached hydrogen (secondary N) is 1. The van der Waals surface area contributed by atoms with Gasteiger partial charge in [0.05, 0.1) is 18.1 Å². The van der Waals surface area contributed by atoms with E-state index in [4.69, 9.17) is 5.11 Å². The van der Waals surface area contributed by atoms with E-state index in [1.54, 1.807) is 0 Å². The number of amides is 1. The number of carboxylic acids is 1. The second kappa shape index (κ2) is 7.11. The molecule has 21 heavy (non-hydrogen) atoms. The van der Waals surface area contributed by atoms with Crippen molar-refractivity contribution in [2.45, 2.75) is 0 Å². The minimum atomic E-state index is -1.13. The summed E-state index contributed by atoms with van der Waals surface area (Å²) < 4.78 is 4.67. The predicted molar refractivity (Wildman–Crippen MR) is 74.6 cm³/mol. The Bertz CT molecular complexity index is 614. The highest BCUT2D eigenvalue weighted by Crippen LogP contribution is 2.14. The summed E-state index contributed by atoms with van der Waals surface area (Å²) in [5, 5.41) is 10.9. The number of aromatic nitrogens is 2. The molecule has 2 N–H and O–H groups in total. The molecule has 1 aromatic heterocycles. The average molecular weight is 287 g/mol. The molecule has 0 bridgehead atoms. The molecule has 0 saturated heterocycles. The molecule has 7 heteroatoms. The molecule has 108 valence electrons. The summed E-state index contributed by atoms with van der Waals surface area (Å²) in [6.07, 6.45) is 2.95. The van der Waals surface area contributed by atoms with Crippen molar-refractivity contribution >= 4 is 17.6 Å². The van der Waals surface area contributed by atoms with E-state index in [9.17, 15) is 9.59 Å². The number of ether oxygens (including phenoxy) is 1. The maximum atomic E-state index is 11.5. The van der Waals surface area contributed by atoms with Crippen LogP contribution in [0.25, 0.3) is 11.4 Å².